The molecule has 0 amide bonds. The highest BCUT2D eigenvalue weighted by molar-refractivity contribution is 9.10. The van der Waals surface area contributed by atoms with Crippen LogP contribution in [0.2, 0.25) is 0 Å². The lowest BCUT2D eigenvalue weighted by Gasteiger charge is -2.12. The van der Waals surface area contributed by atoms with Crippen molar-refractivity contribution in [3.8, 4) is 11.5 Å². The van der Waals surface area contributed by atoms with E-state index in [4.69, 9.17) is 9.15 Å². The van der Waals surface area contributed by atoms with E-state index in [0.29, 0.717) is 6.54 Å². The van der Waals surface area contributed by atoms with Crippen LogP contribution < -0.4 is 10.1 Å². The van der Waals surface area contributed by atoms with Gasteiger partial charge in [-0.05, 0) is 52.3 Å². The van der Waals surface area contributed by atoms with Crippen LogP contribution in [0.5, 0.6) is 11.5 Å². The predicted octanol–water partition coefficient (Wildman–Crippen LogP) is 5.45. The first-order chi connectivity index (χ1) is 10.3. The maximum atomic E-state index is 5.90. The molecule has 0 spiro atoms. The van der Waals surface area contributed by atoms with E-state index in [2.05, 4.69) is 21.2 Å². The summed E-state index contributed by atoms with van der Waals surface area (Å²) in [6, 6.07) is 21.4. The van der Waals surface area contributed by atoms with Gasteiger partial charge in [-0.2, -0.15) is 0 Å². The molecule has 106 valence electrons. The van der Waals surface area contributed by atoms with E-state index >= 15 is 0 Å². The summed E-state index contributed by atoms with van der Waals surface area (Å²) in [7, 11) is 0. The number of nitrogens with one attached hydrogen (secondary N) is 1. The molecular formula is C17H14BrNO2. The van der Waals surface area contributed by atoms with E-state index in [1.807, 2.05) is 66.7 Å². The van der Waals surface area contributed by atoms with Crippen molar-refractivity contribution in [3.05, 3.63) is 77.2 Å². The summed E-state index contributed by atoms with van der Waals surface area (Å²) in [6.45, 7) is 0.598. The minimum Gasteiger partial charge on any atom is -0.455 e. The summed E-state index contributed by atoms with van der Waals surface area (Å²) in [4.78, 5) is 0. The quantitative estimate of drug-likeness (QED) is 0.669. The number of hydrogen-bond donors (Lipinski definition) is 1. The average molecular weight is 344 g/mol. The highest BCUT2D eigenvalue weighted by Gasteiger charge is 2.05. The molecule has 0 bridgehead atoms. The Labute approximate surface area is 131 Å². The Hall–Kier alpha value is -2.20. The minimum atomic E-state index is 0.598. The fourth-order valence-corrected chi connectivity index (χ4v) is 2.29. The molecule has 0 saturated heterocycles. The summed E-state index contributed by atoms with van der Waals surface area (Å²) >= 11 is 3.30. The van der Waals surface area contributed by atoms with Gasteiger partial charge in [0, 0.05) is 0 Å². The molecule has 1 heterocycles. The van der Waals surface area contributed by atoms with Gasteiger partial charge in [-0.1, -0.05) is 30.3 Å². The van der Waals surface area contributed by atoms with Crippen molar-refractivity contribution < 1.29 is 9.15 Å². The van der Waals surface area contributed by atoms with Crippen molar-refractivity contribution in [1.82, 2.24) is 0 Å². The van der Waals surface area contributed by atoms with Gasteiger partial charge in [-0.15, -0.1) is 0 Å². The van der Waals surface area contributed by atoms with Crippen LogP contribution in [0, 0.1) is 0 Å². The summed E-state index contributed by atoms with van der Waals surface area (Å²) in [5.41, 5.74) is 0.925. The number of ether oxygens (including phenoxy) is 1. The number of hydrogen-bond acceptors (Lipinski definition) is 3. The fourth-order valence-electron chi connectivity index (χ4n) is 1.95. The van der Waals surface area contributed by atoms with Crippen LogP contribution in [0.15, 0.2) is 75.8 Å². The molecule has 21 heavy (non-hydrogen) atoms. The highest BCUT2D eigenvalue weighted by Crippen LogP contribution is 2.29. The van der Waals surface area contributed by atoms with Gasteiger partial charge >= 0.3 is 0 Å². The normalized spacial score (nSPS) is 10.3. The van der Waals surface area contributed by atoms with Gasteiger partial charge in [-0.3, -0.25) is 0 Å². The van der Waals surface area contributed by atoms with Crippen LogP contribution in [0.3, 0.4) is 0 Å². The zero-order chi connectivity index (χ0) is 14.5. The summed E-state index contributed by atoms with van der Waals surface area (Å²) in [5.74, 6) is 2.46. The number of rotatable bonds is 5. The zero-order valence-electron chi connectivity index (χ0n) is 11.3. The van der Waals surface area contributed by atoms with Crippen LogP contribution >= 0.6 is 15.9 Å². The molecule has 0 saturated carbocycles. The van der Waals surface area contributed by atoms with Crippen LogP contribution in [0.1, 0.15) is 5.76 Å². The first kappa shape index (κ1) is 13.8. The van der Waals surface area contributed by atoms with E-state index < -0.39 is 0 Å². The summed E-state index contributed by atoms with van der Waals surface area (Å²) in [5, 5.41) is 3.32. The highest BCUT2D eigenvalue weighted by atomic mass is 79.9. The monoisotopic (exact) mass is 343 g/mol. The number of para-hydroxylation sites is 3. The van der Waals surface area contributed by atoms with Crippen LogP contribution in [-0.2, 0) is 6.54 Å². The third kappa shape index (κ3) is 3.67. The zero-order valence-corrected chi connectivity index (χ0v) is 12.8. The Bertz CT molecular complexity index is 710. The molecule has 3 nitrogen and oxygen atoms in total. The Morgan fingerprint density at radius 2 is 1.67 bits per heavy atom. The third-order valence-corrected chi connectivity index (χ3v) is 3.37. The van der Waals surface area contributed by atoms with Gasteiger partial charge in [0.15, 0.2) is 10.4 Å². The Morgan fingerprint density at radius 3 is 2.43 bits per heavy atom. The van der Waals surface area contributed by atoms with Crippen molar-refractivity contribution in [2.75, 3.05) is 5.32 Å². The van der Waals surface area contributed by atoms with Crippen LogP contribution in [0.25, 0.3) is 0 Å². The smallest absolute Gasteiger partial charge is 0.169 e. The minimum absolute atomic E-state index is 0.598. The lowest BCUT2D eigenvalue weighted by molar-refractivity contribution is 0.481. The Balaban J connectivity index is 1.73. The molecule has 0 atom stereocenters. The van der Waals surface area contributed by atoms with E-state index in [0.717, 1.165) is 27.6 Å². The van der Waals surface area contributed by atoms with Gasteiger partial charge in [0.05, 0.1) is 12.2 Å². The van der Waals surface area contributed by atoms with E-state index in [-0.39, 0.29) is 0 Å². The van der Waals surface area contributed by atoms with Gasteiger partial charge in [0.25, 0.3) is 0 Å². The standard InChI is InChI=1S/C17H14BrNO2/c18-17-11-10-14(21-17)12-19-15-8-4-5-9-16(15)20-13-6-2-1-3-7-13/h1-11,19H,12H2. The van der Waals surface area contributed by atoms with Gasteiger partial charge in [0.2, 0.25) is 0 Å². The molecule has 0 radical (unpaired) electrons. The fraction of sp³-hybridized carbons (Fsp3) is 0.0588. The largest absolute Gasteiger partial charge is 0.455 e. The lowest BCUT2D eigenvalue weighted by Crippen LogP contribution is -2.00. The van der Waals surface area contributed by atoms with Gasteiger partial charge in [0.1, 0.15) is 11.5 Å². The van der Waals surface area contributed by atoms with Crippen LogP contribution in [-0.4, -0.2) is 0 Å². The topological polar surface area (TPSA) is 34.4 Å². The van der Waals surface area contributed by atoms with Crippen LogP contribution in [0.4, 0.5) is 5.69 Å². The first-order valence-electron chi connectivity index (χ1n) is 6.61. The number of anilines is 1. The van der Waals surface area contributed by atoms with E-state index in [1.54, 1.807) is 0 Å². The van der Waals surface area contributed by atoms with Crippen molar-refractivity contribution in [1.29, 1.82) is 0 Å². The number of benzene rings is 2. The maximum Gasteiger partial charge on any atom is 0.169 e. The van der Waals surface area contributed by atoms with Crippen molar-refractivity contribution in [2.24, 2.45) is 0 Å². The molecule has 1 N–H and O–H groups in total. The van der Waals surface area contributed by atoms with Crippen molar-refractivity contribution in [3.63, 3.8) is 0 Å². The Morgan fingerprint density at radius 1 is 0.905 bits per heavy atom. The lowest BCUT2D eigenvalue weighted by atomic mass is 10.2. The number of furan rings is 1. The Kier molecular flexibility index (Phi) is 4.26. The molecule has 0 aliphatic rings. The molecule has 4 heteroatoms. The molecule has 1 aromatic heterocycles. The molecular weight excluding hydrogens is 330 g/mol. The summed E-state index contributed by atoms with van der Waals surface area (Å²) in [6.07, 6.45) is 0. The maximum absolute atomic E-state index is 5.90. The second kappa shape index (κ2) is 6.50. The van der Waals surface area contributed by atoms with Gasteiger partial charge in [-0.25, -0.2) is 0 Å². The molecule has 2 aromatic carbocycles. The average Bonchev–Trinajstić information content (AvgIpc) is 2.93. The number of halogens is 1. The second-order valence-corrected chi connectivity index (χ2v) is 5.25. The molecule has 3 aromatic rings. The molecule has 0 aliphatic heterocycles. The predicted molar refractivity (Wildman–Crippen MR) is 86.7 cm³/mol. The first-order valence-corrected chi connectivity index (χ1v) is 7.40. The van der Waals surface area contributed by atoms with E-state index in [1.165, 1.54) is 0 Å². The van der Waals surface area contributed by atoms with Crippen molar-refractivity contribution in [2.45, 2.75) is 6.54 Å². The SMILES string of the molecule is Brc1ccc(CNc2ccccc2Oc2ccccc2)o1. The molecule has 0 fully saturated rings. The molecule has 0 aliphatic carbocycles. The summed E-state index contributed by atoms with van der Waals surface area (Å²) < 4.78 is 12.1. The molecule has 3 rings (SSSR count). The van der Waals surface area contributed by atoms with Crippen molar-refractivity contribution >= 4 is 21.6 Å². The van der Waals surface area contributed by atoms with E-state index in [9.17, 15) is 0 Å². The molecule has 0 unspecified atom stereocenters. The second-order valence-electron chi connectivity index (χ2n) is 4.47. The van der Waals surface area contributed by atoms with Gasteiger partial charge < -0.3 is 14.5 Å². The third-order valence-electron chi connectivity index (χ3n) is 2.94.